The predicted molar refractivity (Wildman–Crippen MR) is 152 cm³/mol. The van der Waals surface area contributed by atoms with E-state index in [-0.39, 0.29) is 25.3 Å². The Morgan fingerprint density at radius 2 is 1.89 bits per heavy atom. The van der Waals surface area contributed by atoms with Crippen LogP contribution in [0.25, 0.3) is 33.2 Å². The Bertz CT molecular complexity index is 1620. The van der Waals surface area contributed by atoms with Crippen LogP contribution >= 0.6 is 0 Å². The van der Waals surface area contributed by atoms with Gasteiger partial charge in [-0.25, -0.2) is 18.4 Å². The Morgan fingerprint density at radius 1 is 1.13 bits per heavy atom. The summed E-state index contributed by atoms with van der Waals surface area (Å²) in [5.41, 5.74) is 2.86. The van der Waals surface area contributed by atoms with E-state index in [1.54, 1.807) is 13.3 Å². The molecule has 11 heteroatoms. The maximum absolute atomic E-state index is 12.5. The van der Waals surface area contributed by atoms with Crippen LogP contribution in [0.2, 0.25) is 25.7 Å². The van der Waals surface area contributed by atoms with Gasteiger partial charge in [-0.05, 0) is 25.1 Å². The Kier molecular flexibility index (Phi) is 6.94. The zero-order valence-corrected chi connectivity index (χ0v) is 24.2. The van der Waals surface area contributed by atoms with Crippen molar-refractivity contribution < 1.29 is 13.2 Å². The van der Waals surface area contributed by atoms with Crippen molar-refractivity contribution in [2.24, 2.45) is 0 Å². The third kappa shape index (κ3) is 4.77. The second kappa shape index (κ2) is 9.93. The number of aromatic nitrogens is 4. The van der Waals surface area contributed by atoms with Gasteiger partial charge < -0.3 is 13.9 Å². The number of hydrogen-bond acceptors (Lipinski definition) is 6. The summed E-state index contributed by atoms with van der Waals surface area (Å²) in [4.78, 5) is 9.23. The van der Waals surface area contributed by atoms with Crippen molar-refractivity contribution in [3.8, 4) is 17.3 Å². The second-order valence-corrected chi connectivity index (χ2v) is 19.1. The first-order valence-electron chi connectivity index (χ1n) is 12.9. The normalized spacial score (nSPS) is 16.1. The third-order valence-electron chi connectivity index (χ3n) is 7.37. The Labute approximate surface area is 224 Å². The first-order chi connectivity index (χ1) is 18.1. The van der Waals surface area contributed by atoms with Gasteiger partial charge >= 0.3 is 0 Å². The topological polar surface area (TPSA) is 106 Å². The average Bonchev–Trinajstić information content (AvgIpc) is 3.45. The number of benzene rings is 1. The van der Waals surface area contributed by atoms with Crippen LogP contribution in [0.3, 0.4) is 0 Å². The maximum atomic E-state index is 12.5. The molecule has 0 atom stereocenters. The van der Waals surface area contributed by atoms with Gasteiger partial charge in [-0.3, -0.25) is 0 Å². The molecule has 0 N–H and O–H groups in total. The highest BCUT2D eigenvalue weighted by Gasteiger charge is 2.49. The quantitative estimate of drug-likeness (QED) is 0.210. The molecule has 0 radical (unpaired) electrons. The van der Waals surface area contributed by atoms with Crippen LogP contribution in [-0.4, -0.2) is 65.3 Å². The molecular formula is C27H34N6O3SSi. The van der Waals surface area contributed by atoms with E-state index in [1.165, 1.54) is 4.31 Å². The van der Waals surface area contributed by atoms with Crippen molar-refractivity contribution in [2.45, 2.75) is 51.3 Å². The van der Waals surface area contributed by atoms with Crippen molar-refractivity contribution in [2.75, 3.05) is 25.4 Å². The first kappa shape index (κ1) is 26.6. The van der Waals surface area contributed by atoms with Crippen molar-refractivity contribution in [3.63, 3.8) is 0 Å². The fraction of sp³-hybridized carbons (Fsp3) is 0.444. The van der Waals surface area contributed by atoms with E-state index in [4.69, 9.17) is 4.74 Å². The minimum atomic E-state index is -3.32. The molecule has 1 aromatic carbocycles. The average molecular weight is 551 g/mol. The van der Waals surface area contributed by atoms with Crippen LogP contribution in [0.4, 0.5) is 0 Å². The smallest absolute Gasteiger partial charge is 0.213 e. The monoisotopic (exact) mass is 550 g/mol. The van der Waals surface area contributed by atoms with Gasteiger partial charge in [0.1, 0.15) is 18.7 Å². The minimum absolute atomic E-state index is 0.0467. The lowest BCUT2D eigenvalue weighted by molar-refractivity contribution is 0.0893. The number of sulfonamides is 1. The van der Waals surface area contributed by atoms with Gasteiger partial charge in [0.15, 0.2) is 0 Å². The minimum Gasteiger partial charge on any atom is -0.361 e. The van der Waals surface area contributed by atoms with Gasteiger partial charge in [-0.2, -0.15) is 9.57 Å². The molecule has 0 amide bonds. The largest absolute Gasteiger partial charge is 0.361 e. The van der Waals surface area contributed by atoms with E-state index < -0.39 is 23.6 Å². The molecule has 3 aromatic heterocycles. The van der Waals surface area contributed by atoms with Crippen molar-refractivity contribution in [3.05, 3.63) is 49.1 Å². The highest BCUT2D eigenvalue weighted by molar-refractivity contribution is 7.89. The van der Waals surface area contributed by atoms with Crippen LogP contribution in [0.5, 0.6) is 0 Å². The highest BCUT2D eigenvalue weighted by atomic mass is 32.2. The molecule has 0 unspecified atom stereocenters. The predicted octanol–water partition coefficient (Wildman–Crippen LogP) is 4.64. The zero-order valence-electron chi connectivity index (χ0n) is 22.4. The summed E-state index contributed by atoms with van der Waals surface area (Å²) in [5.74, 6) is 0.0467. The van der Waals surface area contributed by atoms with Crippen molar-refractivity contribution in [1.82, 2.24) is 23.4 Å². The molecule has 0 bridgehead atoms. The second-order valence-electron chi connectivity index (χ2n) is 11.3. The molecular weight excluding hydrogens is 516 g/mol. The van der Waals surface area contributed by atoms with Gasteiger partial charge in [0, 0.05) is 62.0 Å². The van der Waals surface area contributed by atoms with Crippen LogP contribution < -0.4 is 0 Å². The Morgan fingerprint density at radius 3 is 2.61 bits per heavy atom. The lowest BCUT2D eigenvalue weighted by Gasteiger charge is -2.49. The summed E-state index contributed by atoms with van der Waals surface area (Å²) in [6.07, 6.45) is 5.80. The van der Waals surface area contributed by atoms with E-state index >= 15 is 0 Å². The zero-order chi connectivity index (χ0) is 27.1. The van der Waals surface area contributed by atoms with Crippen molar-refractivity contribution in [1.29, 1.82) is 5.26 Å². The lowest BCUT2D eigenvalue weighted by atomic mass is 9.88. The van der Waals surface area contributed by atoms with Crippen LogP contribution in [-0.2, 0) is 27.0 Å². The number of fused-ring (bicyclic) bond motifs is 2. The van der Waals surface area contributed by atoms with E-state index in [9.17, 15) is 13.7 Å². The molecule has 1 aliphatic rings. The summed E-state index contributed by atoms with van der Waals surface area (Å²) in [5, 5.41) is 11.6. The highest BCUT2D eigenvalue weighted by Crippen LogP contribution is 2.41. The third-order valence-corrected chi connectivity index (χ3v) is 10.8. The number of para-hydroxylation sites is 1. The summed E-state index contributed by atoms with van der Waals surface area (Å²) >= 11 is 0. The molecule has 200 valence electrons. The van der Waals surface area contributed by atoms with E-state index in [0.29, 0.717) is 6.73 Å². The van der Waals surface area contributed by atoms with Crippen LogP contribution in [0.15, 0.2) is 49.1 Å². The maximum Gasteiger partial charge on any atom is 0.213 e. The molecule has 9 nitrogen and oxygen atoms in total. The standard InChI is InChI=1S/C27H34N6O3SSi/c1-5-37(34,35)32-17-27(18-32,11-12-28)33-16-23(21-8-6-7-9-24(21)33)25-22-10-13-31(26(22)30-19-29-25)20-36-14-15-38(2,3)4/h6-10,13,16,19H,5,11,14-15,17-18,20H2,1-4H3. The van der Waals surface area contributed by atoms with Gasteiger partial charge in [-0.15, -0.1) is 0 Å². The SMILES string of the molecule is CCS(=O)(=O)N1CC(CC#N)(n2cc(-c3ncnc4c3ccn4COCC[Si](C)(C)C)c3ccccc32)C1. The van der Waals surface area contributed by atoms with Gasteiger partial charge in [-0.1, -0.05) is 37.8 Å². The first-order valence-corrected chi connectivity index (χ1v) is 18.2. The molecule has 1 aliphatic heterocycles. The molecule has 4 aromatic rings. The van der Waals surface area contributed by atoms with Gasteiger partial charge in [0.05, 0.1) is 29.5 Å². The summed E-state index contributed by atoms with van der Waals surface area (Å²) < 4.78 is 36.5. The number of rotatable bonds is 10. The fourth-order valence-corrected chi connectivity index (χ4v) is 7.11. The fourth-order valence-electron chi connectivity index (χ4n) is 5.11. The Balaban J connectivity index is 1.53. The molecule has 0 saturated carbocycles. The lowest BCUT2D eigenvalue weighted by Crippen LogP contribution is -2.64. The van der Waals surface area contributed by atoms with Crippen molar-refractivity contribution >= 4 is 40.0 Å². The van der Waals surface area contributed by atoms with E-state index in [0.717, 1.165) is 45.8 Å². The number of nitrogens with zero attached hydrogens (tertiary/aromatic N) is 6. The van der Waals surface area contributed by atoms with Gasteiger partial charge in [0.25, 0.3) is 0 Å². The van der Waals surface area contributed by atoms with Crippen LogP contribution in [0, 0.1) is 11.3 Å². The number of ether oxygens (including phenoxy) is 1. The summed E-state index contributed by atoms with van der Waals surface area (Å²) in [7, 11) is -4.49. The van der Waals surface area contributed by atoms with Crippen LogP contribution in [0.1, 0.15) is 13.3 Å². The molecule has 0 spiro atoms. The van der Waals surface area contributed by atoms with E-state index in [1.807, 2.05) is 47.3 Å². The molecule has 1 saturated heterocycles. The Hall–Kier alpha value is -3.04. The number of nitriles is 1. The molecule has 5 rings (SSSR count). The van der Waals surface area contributed by atoms with Gasteiger partial charge in [0.2, 0.25) is 10.0 Å². The summed E-state index contributed by atoms with van der Waals surface area (Å²) in [6, 6.07) is 13.4. The molecule has 1 fully saturated rings. The van der Waals surface area contributed by atoms with E-state index in [2.05, 4.69) is 40.2 Å². The summed E-state index contributed by atoms with van der Waals surface area (Å²) in [6.45, 7) is 10.4. The molecule has 0 aliphatic carbocycles. The molecule has 38 heavy (non-hydrogen) atoms. The molecule has 4 heterocycles. The number of hydrogen-bond donors (Lipinski definition) is 0.